The van der Waals surface area contributed by atoms with E-state index >= 15 is 0 Å². The van der Waals surface area contributed by atoms with Crippen molar-refractivity contribution in [2.75, 3.05) is 13.1 Å². The molecule has 0 aromatic carbocycles. The van der Waals surface area contributed by atoms with Crippen LogP contribution < -0.4 is 0 Å². The molecule has 1 aliphatic carbocycles. The van der Waals surface area contributed by atoms with Crippen LogP contribution in [0, 0.1) is 5.92 Å². The SMILES string of the molecule is OCc1cn(C[C@@H]2CCCN(Cc3nc4c(s3)CCCC4)C2)nn1. The van der Waals surface area contributed by atoms with Gasteiger partial charge < -0.3 is 5.11 Å². The summed E-state index contributed by atoms with van der Waals surface area (Å²) >= 11 is 1.93. The van der Waals surface area contributed by atoms with Crippen molar-refractivity contribution >= 4 is 11.3 Å². The van der Waals surface area contributed by atoms with Crippen molar-refractivity contribution in [1.82, 2.24) is 24.9 Å². The summed E-state index contributed by atoms with van der Waals surface area (Å²) in [4.78, 5) is 8.97. The number of piperidine rings is 1. The van der Waals surface area contributed by atoms with Gasteiger partial charge >= 0.3 is 0 Å². The fourth-order valence-corrected chi connectivity index (χ4v) is 5.07. The highest BCUT2D eigenvalue weighted by Gasteiger charge is 2.23. The normalized spacial score (nSPS) is 21.8. The standard InChI is InChI=1S/C17H25N5OS/c23-12-14-10-22(20-19-14)9-13-4-3-7-21(8-13)11-17-18-15-5-1-2-6-16(15)24-17/h10,13,23H,1-9,11-12H2/t13-/m1/s1. The number of aryl methyl sites for hydroxylation is 2. The van der Waals surface area contributed by atoms with E-state index in [2.05, 4.69) is 15.2 Å². The maximum Gasteiger partial charge on any atom is 0.108 e. The van der Waals surface area contributed by atoms with Crippen LogP contribution in [-0.2, 0) is 32.5 Å². The van der Waals surface area contributed by atoms with Crippen molar-refractivity contribution in [2.45, 2.75) is 58.2 Å². The molecule has 1 N–H and O–H groups in total. The lowest BCUT2D eigenvalue weighted by Gasteiger charge is -2.31. The third-order valence-corrected chi connectivity index (χ3v) is 6.19. The van der Waals surface area contributed by atoms with Gasteiger partial charge in [-0.3, -0.25) is 9.58 Å². The third-order valence-electron chi connectivity index (χ3n) is 5.05. The van der Waals surface area contributed by atoms with Crippen LogP contribution >= 0.6 is 11.3 Å². The van der Waals surface area contributed by atoms with Crippen LogP contribution in [0.1, 0.15) is 47.0 Å². The van der Waals surface area contributed by atoms with Crippen molar-refractivity contribution in [3.05, 3.63) is 27.5 Å². The minimum absolute atomic E-state index is 0.0362. The van der Waals surface area contributed by atoms with Gasteiger partial charge in [-0.25, -0.2) is 4.98 Å². The second-order valence-corrected chi connectivity index (χ2v) is 8.19. The average molecular weight is 347 g/mol. The van der Waals surface area contributed by atoms with Gasteiger partial charge in [-0.1, -0.05) is 5.21 Å². The molecule has 1 fully saturated rings. The van der Waals surface area contributed by atoms with E-state index in [1.54, 1.807) is 0 Å². The van der Waals surface area contributed by atoms with E-state index in [9.17, 15) is 0 Å². The van der Waals surface area contributed by atoms with E-state index in [-0.39, 0.29) is 6.61 Å². The van der Waals surface area contributed by atoms with Gasteiger partial charge in [0, 0.05) is 18.0 Å². The minimum Gasteiger partial charge on any atom is -0.390 e. The second-order valence-electron chi connectivity index (χ2n) is 7.02. The molecule has 1 atom stereocenters. The smallest absolute Gasteiger partial charge is 0.108 e. The largest absolute Gasteiger partial charge is 0.390 e. The molecule has 3 heterocycles. The Balaban J connectivity index is 1.35. The van der Waals surface area contributed by atoms with Gasteiger partial charge in [0.05, 0.1) is 25.0 Å². The van der Waals surface area contributed by atoms with E-state index in [0.29, 0.717) is 11.6 Å². The molecule has 0 unspecified atom stereocenters. The van der Waals surface area contributed by atoms with Gasteiger partial charge in [-0.2, -0.15) is 0 Å². The number of thiazole rings is 1. The van der Waals surface area contributed by atoms with E-state index in [1.165, 1.54) is 60.6 Å². The zero-order valence-corrected chi connectivity index (χ0v) is 14.8. The van der Waals surface area contributed by atoms with Crippen LogP contribution in [-0.4, -0.2) is 43.1 Å². The zero-order chi connectivity index (χ0) is 16.4. The first kappa shape index (κ1) is 16.2. The number of likely N-dealkylation sites (tertiary alicyclic amines) is 1. The fraction of sp³-hybridized carbons (Fsp3) is 0.706. The number of aromatic nitrogens is 4. The summed E-state index contributed by atoms with van der Waals surface area (Å²) in [6, 6.07) is 0. The predicted octanol–water partition coefficient (Wildman–Crippen LogP) is 2.02. The van der Waals surface area contributed by atoms with Gasteiger partial charge in [0.1, 0.15) is 10.7 Å². The lowest BCUT2D eigenvalue weighted by Crippen LogP contribution is -2.36. The molecule has 0 bridgehead atoms. The summed E-state index contributed by atoms with van der Waals surface area (Å²) in [5.74, 6) is 0.599. The molecule has 2 aliphatic rings. The summed E-state index contributed by atoms with van der Waals surface area (Å²) in [5, 5.41) is 18.5. The zero-order valence-electron chi connectivity index (χ0n) is 14.0. The molecule has 7 heteroatoms. The Morgan fingerprint density at radius 3 is 3.00 bits per heavy atom. The first-order chi connectivity index (χ1) is 11.8. The first-order valence-electron chi connectivity index (χ1n) is 9.00. The van der Waals surface area contributed by atoms with Crippen molar-refractivity contribution in [3.63, 3.8) is 0 Å². The molecule has 6 nitrogen and oxygen atoms in total. The highest BCUT2D eigenvalue weighted by Crippen LogP contribution is 2.28. The van der Waals surface area contributed by atoms with Crippen LogP contribution in [0.3, 0.4) is 0 Å². The lowest BCUT2D eigenvalue weighted by molar-refractivity contribution is 0.152. The maximum atomic E-state index is 9.10. The highest BCUT2D eigenvalue weighted by molar-refractivity contribution is 7.11. The number of aliphatic hydroxyl groups is 1. The summed E-state index contributed by atoms with van der Waals surface area (Å²) in [7, 11) is 0. The number of rotatable bonds is 5. The Morgan fingerprint density at radius 2 is 2.17 bits per heavy atom. The molecule has 0 amide bonds. The molecule has 2 aromatic rings. The molecule has 2 aromatic heterocycles. The Bertz CT molecular complexity index is 659. The molecule has 130 valence electrons. The Morgan fingerprint density at radius 1 is 1.25 bits per heavy atom. The van der Waals surface area contributed by atoms with Gasteiger partial charge in [-0.15, -0.1) is 16.4 Å². The van der Waals surface area contributed by atoms with Crippen LogP contribution in [0.5, 0.6) is 0 Å². The summed E-state index contributed by atoms with van der Waals surface area (Å²) < 4.78 is 1.88. The molecule has 0 spiro atoms. The van der Waals surface area contributed by atoms with Crippen molar-refractivity contribution in [3.8, 4) is 0 Å². The Labute approximate surface area is 146 Å². The highest BCUT2D eigenvalue weighted by atomic mass is 32.1. The minimum atomic E-state index is -0.0362. The molecule has 1 aliphatic heterocycles. The summed E-state index contributed by atoms with van der Waals surface area (Å²) in [6.07, 6.45) is 9.36. The molecule has 24 heavy (non-hydrogen) atoms. The number of nitrogens with zero attached hydrogens (tertiary/aromatic N) is 5. The van der Waals surface area contributed by atoms with Crippen LogP contribution in [0.25, 0.3) is 0 Å². The van der Waals surface area contributed by atoms with Crippen molar-refractivity contribution in [1.29, 1.82) is 0 Å². The molecular weight excluding hydrogens is 322 g/mol. The van der Waals surface area contributed by atoms with Crippen LogP contribution in [0.4, 0.5) is 0 Å². The molecule has 4 rings (SSSR count). The quantitative estimate of drug-likeness (QED) is 0.896. The molecule has 0 saturated carbocycles. The van der Waals surface area contributed by atoms with Gasteiger partial charge in [-0.05, 0) is 51.0 Å². The number of hydrogen-bond donors (Lipinski definition) is 1. The van der Waals surface area contributed by atoms with Crippen molar-refractivity contribution in [2.24, 2.45) is 5.92 Å². The van der Waals surface area contributed by atoms with E-state index in [1.807, 2.05) is 22.2 Å². The molecule has 0 radical (unpaired) electrons. The monoisotopic (exact) mass is 347 g/mol. The lowest BCUT2D eigenvalue weighted by atomic mass is 9.98. The topological polar surface area (TPSA) is 67.1 Å². The van der Waals surface area contributed by atoms with Gasteiger partial charge in [0.15, 0.2) is 0 Å². The number of hydrogen-bond acceptors (Lipinski definition) is 6. The third kappa shape index (κ3) is 3.68. The first-order valence-corrected chi connectivity index (χ1v) is 9.81. The predicted molar refractivity (Wildman–Crippen MR) is 92.7 cm³/mol. The number of fused-ring (bicyclic) bond motifs is 1. The van der Waals surface area contributed by atoms with Gasteiger partial charge in [0.2, 0.25) is 0 Å². The average Bonchev–Trinajstić information content (AvgIpc) is 3.21. The van der Waals surface area contributed by atoms with Gasteiger partial charge in [0.25, 0.3) is 0 Å². The molecular formula is C17H25N5OS. The van der Waals surface area contributed by atoms with Crippen molar-refractivity contribution < 1.29 is 5.11 Å². The second kappa shape index (κ2) is 7.29. The van der Waals surface area contributed by atoms with E-state index in [0.717, 1.165) is 19.6 Å². The van der Waals surface area contributed by atoms with E-state index in [4.69, 9.17) is 10.1 Å². The number of aliphatic hydroxyl groups excluding tert-OH is 1. The Kier molecular flexibility index (Phi) is 4.91. The summed E-state index contributed by atoms with van der Waals surface area (Å²) in [6.45, 7) is 4.11. The molecule has 1 saturated heterocycles. The Hall–Kier alpha value is -1.31. The summed E-state index contributed by atoms with van der Waals surface area (Å²) in [5.41, 5.74) is 2.02. The van der Waals surface area contributed by atoms with E-state index < -0.39 is 0 Å². The van der Waals surface area contributed by atoms with Crippen LogP contribution in [0.15, 0.2) is 6.20 Å². The maximum absolute atomic E-state index is 9.10. The van der Waals surface area contributed by atoms with Crippen LogP contribution in [0.2, 0.25) is 0 Å². The fourth-order valence-electron chi connectivity index (χ4n) is 3.87.